The van der Waals surface area contributed by atoms with Crippen molar-refractivity contribution in [3.8, 4) is 6.07 Å². The molecule has 0 aromatic heterocycles. The molecule has 7 heteroatoms. The van der Waals surface area contributed by atoms with E-state index in [1.54, 1.807) is 24.3 Å². The Bertz CT molecular complexity index is 1130. The quantitative estimate of drug-likeness (QED) is 0.592. The van der Waals surface area contributed by atoms with E-state index in [0.717, 1.165) is 16.3 Å². The lowest BCUT2D eigenvalue weighted by Crippen LogP contribution is -2.33. The smallest absolute Gasteiger partial charge is 0.325 e. The van der Waals surface area contributed by atoms with E-state index in [4.69, 9.17) is 10.00 Å². The molecule has 3 aromatic carbocycles. The van der Waals surface area contributed by atoms with Crippen molar-refractivity contribution in [1.82, 2.24) is 5.32 Å². The number of anilines is 1. The third kappa shape index (κ3) is 5.42. The van der Waals surface area contributed by atoms with Crippen molar-refractivity contribution in [3.05, 3.63) is 77.9 Å². The predicted octanol–water partition coefficient (Wildman–Crippen LogP) is 2.55. The number of nitriles is 1. The standard InChI is InChI=1S/C23H19N3O4/c24-13-18-7-2-4-11-20(18)26-22(28)15-30-23(29)14-25-21(27)12-17-9-5-8-16-6-1-3-10-19(16)17/h1-11H,12,14-15H2,(H,25,27)(H,26,28). The van der Waals surface area contributed by atoms with Gasteiger partial charge in [-0.3, -0.25) is 14.4 Å². The summed E-state index contributed by atoms with van der Waals surface area (Å²) >= 11 is 0. The van der Waals surface area contributed by atoms with Gasteiger partial charge in [-0.15, -0.1) is 0 Å². The van der Waals surface area contributed by atoms with Crippen LogP contribution in [0.3, 0.4) is 0 Å². The van der Waals surface area contributed by atoms with Crippen molar-refractivity contribution >= 4 is 34.2 Å². The number of para-hydroxylation sites is 1. The van der Waals surface area contributed by atoms with Crippen molar-refractivity contribution in [2.75, 3.05) is 18.5 Å². The highest BCUT2D eigenvalue weighted by atomic mass is 16.5. The molecule has 3 rings (SSSR count). The molecule has 2 N–H and O–H groups in total. The number of amides is 2. The van der Waals surface area contributed by atoms with Gasteiger partial charge in [-0.1, -0.05) is 54.6 Å². The van der Waals surface area contributed by atoms with Crippen molar-refractivity contribution in [2.24, 2.45) is 0 Å². The first kappa shape index (κ1) is 20.6. The lowest BCUT2D eigenvalue weighted by Gasteiger charge is -2.09. The van der Waals surface area contributed by atoms with E-state index >= 15 is 0 Å². The van der Waals surface area contributed by atoms with Gasteiger partial charge in [0.2, 0.25) is 5.91 Å². The number of nitrogens with one attached hydrogen (secondary N) is 2. The van der Waals surface area contributed by atoms with Crippen LogP contribution in [-0.2, 0) is 25.5 Å². The minimum absolute atomic E-state index is 0.125. The molecule has 150 valence electrons. The van der Waals surface area contributed by atoms with Crippen LogP contribution in [0.1, 0.15) is 11.1 Å². The molecule has 0 fully saturated rings. The Balaban J connectivity index is 1.44. The van der Waals surface area contributed by atoms with Crippen LogP contribution in [-0.4, -0.2) is 30.9 Å². The number of esters is 1. The molecule has 7 nitrogen and oxygen atoms in total. The van der Waals surface area contributed by atoms with Crippen LogP contribution in [0.15, 0.2) is 66.7 Å². The molecule has 0 aliphatic rings. The van der Waals surface area contributed by atoms with Gasteiger partial charge in [-0.25, -0.2) is 0 Å². The third-order valence-electron chi connectivity index (χ3n) is 4.35. The summed E-state index contributed by atoms with van der Waals surface area (Å²) in [5.74, 6) is -1.63. The van der Waals surface area contributed by atoms with Gasteiger partial charge < -0.3 is 15.4 Å². The molecule has 0 radical (unpaired) electrons. The minimum Gasteiger partial charge on any atom is -0.454 e. The number of fused-ring (bicyclic) bond motifs is 1. The molecule has 0 aliphatic carbocycles. The Morgan fingerprint density at radius 1 is 0.900 bits per heavy atom. The van der Waals surface area contributed by atoms with Gasteiger partial charge in [0, 0.05) is 0 Å². The Morgan fingerprint density at radius 3 is 2.47 bits per heavy atom. The summed E-state index contributed by atoms with van der Waals surface area (Å²) in [6, 6.07) is 21.9. The maximum Gasteiger partial charge on any atom is 0.325 e. The molecule has 2 amide bonds. The molecule has 0 atom stereocenters. The van der Waals surface area contributed by atoms with Crippen molar-refractivity contribution in [3.63, 3.8) is 0 Å². The second-order valence-electron chi connectivity index (χ2n) is 6.46. The number of carbonyl (C=O) groups is 3. The van der Waals surface area contributed by atoms with E-state index in [-0.39, 0.29) is 18.9 Å². The summed E-state index contributed by atoms with van der Waals surface area (Å²) in [5, 5.41) is 16.0. The van der Waals surface area contributed by atoms with Crippen LogP contribution in [0.2, 0.25) is 0 Å². The molecule has 0 bridgehead atoms. The van der Waals surface area contributed by atoms with Crippen LogP contribution in [0.4, 0.5) is 5.69 Å². The fourth-order valence-electron chi connectivity index (χ4n) is 2.93. The highest BCUT2D eigenvalue weighted by molar-refractivity contribution is 5.94. The molecule has 0 spiro atoms. The lowest BCUT2D eigenvalue weighted by molar-refractivity contribution is -0.147. The van der Waals surface area contributed by atoms with E-state index in [2.05, 4.69) is 10.6 Å². The molecule has 0 saturated heterocycles. The van der Waals surface area contributed by atoms with Crippen LogP contribution in [0.25, 0.3) is 10.8 Å². The van der Waals surface area contributed by atoms with E-state index in [9.17, 15) is 14.4 Å². The topological polar surface area (TPSA) is 108 Å². The third-order valence-corrected chi connectivity index (χ3v) is 4.35. The van der Waals surface area contributed by atoms with E-state index < -0.39 is 18.5 Å². The zero-order valence-electron chi connectivity index (χ0n) is 16.1. The number of carbonyl (C=O) groups excluding carboxylic acids is 3. The molecular weight excluding hydrogens is 382 g/mol. The molecular formula is C23H19N3O4. The maximum atomic E-state index is 12.2. The number of benzene rings is 3. The molecule has 30 heavy (non-hydrogen) atoms. The summed E-state index contributed by atoms with van der Waals surface area (Å²) in [6.07, 6.45) is 0.125. The summed E-state index contributed by atoms with van der Waals surface area (Å²) in [6.45, 7) is -0.858. The Kier molecular flexibility index (Phi) is 6.74. The Hall–Kier alpha value is -4.18. The first-order valence-electron chi connectivity index (χ1n) is 9.25. The van der Waals surface area contributed by atoms with E-state index in [0.29, 0.717) is 11.3 Å². The number of rotatable bonds is 7. The van der Waals surface area contributed by atoms with Gasteiger partial charge in [0.15, 0.2) is 6.61 Å². The maximum absolute atomic E-state index is 12.2. The molecule has 0 saturated carbocycles. The Labute approximate surface area is 173 Å². The van der Waals surface area contributed by atoms with E-state index in [1.165, 1.54) is 0 Å². The number of hydrogen-bond acceptors (Lipinski definition) is 5. The Morgan fingerprint density at radius 2 is 1.63 bits per heavy atom. The monoisotopic (exact) mass is 401 g/mol. The first-order chi connectivity index (χ1) is 14.6. The van der Waals surface area contributed by atoms with E-state index in [1.807, 2.05) is 48.5 Å². The van der Waals surface area contributed by atoms with Crippen LogP contribution >= 0.6 is 0 Å². The fraction of sp³-hybridized carbons (Fsp3) is 0.130. The van der Waals surface area contributed by atoms with Crippen LogP contribution in [0.5, 0.6) is 0 Å². The van der Waals surface area contributed by atoms with Crippen LogP contribution in [0, 0.1) is 11.3 Å². The molecule has 0 heterocycles. The largest absolute Gasteiger partial charge is 0.454 e. The van der Waals surface area contributed by atoms with Gasteiger partial charge >= 0.3 is 5.97 Å². The molecule has 0 aliphatic heterocycles. The first-order valence-corrected chi connectivity index (χ1v) is 9.25. The average Bonchev–Trinajstić information content (AvgIpc) is 2.77. The number of hydrogen-bond donors (Lipinski definition) is 2. The summed E-state index contributed by atoms with van der Waals surface area (Å²) < 4.78 is 4.87. The lowest BCUT2D eigenvalue weighted by atomic mass is 10.0. The van der Waals surface area contributed by atoms with Crippen LogP contribution < -0.4 is 10.6 Å². The normalized spacial score (nSPS) is 10.1. The summed E-state index contributed by atoms with van der Waals surface area (Å²) in [5.41, 5.74) is 1.50. The van der Waals surface area contributed by atoms with Gasteiger partial charge in [0.1, 0.15) is 12.6 Å². The zero-order chi connectivity index (χ0) is 21.3. The zero-order valence-corrected chi connectivity index (χ0v) is 16.1. The van der Waals surface area contributed by atoms with Crippen molar-refractivity contribution < 1.29 is 19.1 Å². The summed E-state index contributed by atoms with van der Waals surface area (Å²) in [7, 11) is 0. The van der Waals surface area contributed by atoms with Gasteiger partial charge in [-0.2, -0.15) is 5.26 Å². The fourth-order valence-corrected chi connectivity index (χ4v) is 2.93. The highest BCUT2D eigenvalue weighted by Gasteiger charge is 2.12. The molecule has 3 aromatic rings. The van der Waals surface area contributed by atoms with Gasteiger partial charge in [0.25, 0.3) is 5.91 Å². The second-order valence-corrected chi connectivity index (χ2v) is 6.46. The van der Waals surface area contributed by atoms with Gasteiger partial charge in [0.05, 0.1) is 17.7 Å². The number of ether oxygens (including phenoxy) is 1. The number of nitrogens with zero attached hydrogens (tertiary/aromatic N) is 1. The minimum atomic E-state index is -0.731. The van der Waals surface area contributed by atoms with Gasteiger partial charge in [-0.05, 0) is 28.5 Å². The second kappa shape index (κ2) is 9.85. The summed E-state index contributed by atoms with van der Waals surface area (Å²) in [4.78, 5) is 35.9. The van der Waals surface area contributed by atoms with Crippen molar-refractivity contribution in [2.45, 2.75) is 6.42 Å². The average molecular weight is 401 g/mol. The molecule has 0 unspecified atom stereocenters. The predicted molar refractivity (Wildman–Crippen MR) is 111 cm³/mol. The SMILES string of the molecule is N#Cc1ccccc1NC(=O)COC(=O)CNC(=O)Cc1cccc2ccccc12. The highest BCUT2D eigenvalue weighted by Crippen LogP contribution is 2.18. The van der Waals surface area contributed by atoms with Crippen molar-refractivity contribution in [1.29, 1.82) is 5.26 Å².